The Hall–Kier alpha value is -3.64. The third-order valence-corrected chi connectivity index (χ3v) is 7.63. The second-order valence-electron chi connectivity index (χ2n) is 7.86. The number of fused-ring (bicyclic) bond motifs is 1. The third kappa shape index (κ3) is 5.39. The van der Waals surface area contributed by atoms with Crippen molar-refractivity contribution in [2.45, 2.75) is 11.8 Å². The molecule has 0 saturated carbocycles. The van der Waals surface area contributed by atoms with Gasteiger partial charge >= 0.3 is 5.97 Å². The predicted molar refractivity (Wildman–Crippen MR) is 138 cm³/mol. The number of anilines is 1. The lowest BCUT2D eigenvalue weighted by Crippen LogP contribution is -2.35. The molecule has 0 saturated heterocycles. The number of hydrogen-bond acceptors (Lipinski definition) is 6. The van der Waals surface area contributed by atoms with Gasteiger partial charge in [0.15, 0.2) is 0 Å². The fraction of sp³-hybridized carbons (Fsp3) is 0.125. The molecule has 0 unspecified atom stereocenters. The normalized spacial score (nSPS) is 11.5. The molecule has 0 bridgehead atoms. The summed E-state index contributed by atoms with van der Waals surface area (Å²) >= 11 is 12.0. The molecule has 2 aromatic heterocycles. The number of hydroxylamine groups is 2. The molecule has 1 amide bonds. The van der Waals surface area contributed by atoms with Gasteiger partial charge in [-0.05, 0) is 61.5 Å². The van der Waals surface area contributed by atoms with Gasteiger partial charge < -0.3 is 9.67 Å². The van der Waals surface area contributed by atoms with E-state index in [1.807, 2.05) is 0 Å². The van der Waals surface area contributed by atoms with Crippen LogP contribution in [0.5, 0.6) is 0 Å². The number of carboxylic acid groups (broad SMARTS) is 1. The second-order valence-corrected chi connectivity index (χ2v) is 10.6. The van der Waals surface area contributed by atoms with Gasteiger partial charge in [0.1, 0.15) is 12.4 Å². The molecule has 0 aliphatic heterocycles. The molecule has 0 spiro atoms. The van der Waals surface area contributed by atoms with Crippen molar-refractivity contribution in [3.05, 3.63) is 82.6 Å². The first kappa shape index (κ1) is 26.4. The average Bonchev–Trinajstić information content (AvgIpc) is 3.29. The molecule has 0 aliphatic carbocycles. The predicted octanol–water partition coefficient (Wildman–Crippen LogP) is 4.46. The Kier molecular flexibility index (Phi) is 7.42. The monoisotopic (exact) mass is 562 g/mol. The fourth-order valence-electron chi connectivity index (χ4n) is 3.70. The number of halogens is 2. The van der Waals surface area contributed by atoms with Crippen LogP contribution in [0.4, 0.5) is 5.69 Å². The molecule has 37 heavy (non-hydrogen) atoms. The number of pyridine rings is 1. The van der Waals surface area contributed by atoms with E-state index in [9.17, 15) is 28.3 Å². The van der Waals surface area contributed by atoms with Gasteiger partial charge in [-0.1, -0.05) is 23.2 Å². The standard InChI is InChI=1S/C24H20Cl2N4O6S/c1-2-29(34)24(33)16-5-7-27-22(10-16)28-8-6-15-9-19(3-4-21(15)28)30(14-23(31)32)37(35,36)20-12-17(25)11-18(26)13-20/h3-13,34H,2,14H2,1H3,(H,31,32). The van der Waals surface area contributed by atoms with Gasteiger partial charge in [-0.2, -0.15) is 0 Å². The number of carbonyl (C=O) groups is 2. The van der Waals surface area contributed by atoms with Gasteiger partial charge in [0.05, 0.1) is 16.1 Å². The minimum atomic E-state index is -4.34. The van der Waals surface area contributed by atoms with Crippen LogP contribution in [0.3, 0.4) is 0 Å². The van der Waals surface area contributed by atoms with Gasteiger partial charge in [-0.15, -0.1) is 0 Å². The third-order valence-electron chi connectivity index (χ3n) is 5.44. The van der Waals surface area contributed by atoms with Crippen LogP contribution >= 0.6 is 23.2 Å². The second kappa shape index (κ2) is 10.4. The summed E-state index contributed by atoms with van der Waals surface area (Å²) in [5.41, 5.74) is 0.960. The number of amides is 1. The van der Waals surface area contributed by atoms with Crippen LogP contribution in [0, 0.1) is 0 Å². The van der Waals surface area contributed by atoms with Gasteiger partial charge in [0, 0.05) is 39.9 Å². The van der Waals surface area contributed by atoms with E-state index >= 15 is 0 Å². The van der Waals surface area contributed by atoms with E-state index in [1.165, 1.54) is 48.7 Å². The molecule has 192 valence electrons. The summed E-state index contributed by atoms with van der Waals surface area (Å²) in [4.78, 5) is 28.0. The zero-order valence-corrected chi connectivity index (χ0v) is 21.6. The highest BCUT2D eigenvalue weighted by Gasteiger charge is 2.28. The Labute approximate surface area is 221 Å². The topological polar surface area (TPSA) is 133 Å². The molecule has 0 fully saturated rings. The number of aromatic nitrogens is 2. The Bertz CT molecular complexity index is 1600. The van der Waals surface area contributed by atoms with E-state index in [-0.39, 0.29) is 32.7 Å². The summed E-state index contributed by atoms with van der Waals surface area (Å²) in [7, 11) is -4.34. The van der Waals surface area contributed by atoms with Crippen LogP contribution < -0.4 is 4.31 Å². The molecule has 0 atom stereocenters. The molecule has 0 radical (unpaired) electrons. The molecular weight excluding hydrogens is 543 g/mol. The SMILES string of the molecule is CCN(O)C(=O)c1ccnc(-n2ccc3cc(N(CC(=O)O)S(=O)(=O)c4cc(Cl)cc(Cl)c4)ccc32)c1. The minimum Gasteiger partial charge on any atom is -0.480 e. The van der Waals surface area contributed by atoms with Crippen molar-refractivity contribution < 1.29 is 28.3 Å². The number of carbonyl (C=O) groups excluding carboxylic acids is 1. The van der Waals surface area contributed by atoms with Crippen LogP contribution in [0.2, 0.25) is 10.0 Å². The van der Waals surface area contributed by atoms with E-state index in [0.29, 0.717) is 21.8 Å². The summed E-state index contributed by atoms with van der Waals surface area (Å²) in [6.07, 6.45) is 3.11. The highest BCUT2D eigenvalue weighted by Crippen LogP contribution is 2.31. The molecule has 0 aliphatic rings. The molecule has 2 aromatic carbocycles. The quantitative estimate of drug-likeness (QED) is 0.239. The van der Waals surface area contributed by atoms with Gasteiger partial charge in [-0.3, -0.25) is 19.1 Å². The molecule has 10 nitrogen and oxygen atoms in total. The first-order valence-electron chi connectivity index (χ1n) is 10.8. The molecule has 2 heterocycles. The van der Waals surface area contributed by atoms with E-state index in [2.05, 4.69) is 4.98 Å². The van der Waals surface area contributed by atoms with Gasteiger partial charge in [-0.25, -0.2) is 18.5 Å². The number of hydrogen-bond donors (Lipinski definition) is 2. The minimum absolute atomic E-state index is 0.0883. The van der Waals surface area contributed by atoms with E-state index in [4.69, 9.17) is 23.2 Å². The molecule has 2 N–H and O–H groups in total. The maximum absolute atomic E-state index is 13.4. The van der Waals surface area contributed by atoms with Crippen molar-refractivity contribution in [1.82, 2.24) is 14.6 Å². The van der Waals surface area contributed by atoms with Crippen molar-refractivity contribution >= 4 is 61.7 Å². The number of aliphatic carboxylic acids is 1. The van der Waals surface area contributed by atoms with Crippen molar-refractivity contribution in [3.8, 4) is 5.82 Å². The number of sulfonamides is 1. The summed E-state index contributed by atoms with van der Waals surface area (Å²) in [6.45, 7) is 0.911. The Balaban J connectivity index is 1.77. The lowest BCUT2D eigenvalue weighted by atomic mass is 10.2. The maximum atomic E-state index is 13.4. The smallest absolute Gasteiger partial charge is 0.324 e. The van der Waals surface area contributed by atoms with Crippen molar-refractivity contribution in [2.24, 2.45) is 0 Å². The fourth-order valence-corrected chi connectivity index (χ4v) is 5.84. The molecule has 4 aromatic rings. The van der Waals surface area contributed by atoms with Crippen LogP contribution in [0.1, 0.15) is 17.3 Å². The van der Waals surface area contributed by atoms with Gasteiger partial charge in [0.2, 0.25) is 0 Å². The Morgan fingerprint density at radius 2 is 1.73 bits per heavy atom. The van der Waals surface area contributed by atoms with Crippen LogP contribution in [-0.4, -0.2) is 58.3 Å². The lowest BCUT2D eigenvalue weighted by molar-refractivity contribution is -0.135. The Morgan fingerprint density at radius 3 is 2.38 bits per heavy atom. The van der Waals surface area contributed by atoms with Crippen LogP contribution in [0.15, 0.2) is 71.9 Å². The summed E-state index contributed by atoms with van der Waals surface area (Å²) in [6, 6.07) is 13.0. The van der Waals surface area contributed by atoms with Crippen molar-refractivity contribution in [1.29, 1.82) is 0 Å². The number of rotatable bonds is 8. The van der Waals surface area contributed by atoms with Crippen LogP contribution in [-0.2, 0) is 14.8 Å². The van der Waals surface area contributed by atoms with E-state index < -0.39 is 28.4 Å². The van der Waals surface area contributed by atoms with E-state index in [0.717, 1.165) is 4.31 Å². The summed E-state index contributed by atoms with van der Waals surface area (Å²) in [5, 5.41) is 20.5. The zero-order valence-electron chi connectivity index (χ0n) is 19.2. The van der Waals surface area contributed by atoms with Crippen LogP contribution in [0.25, 0.3) is 16.7 Å². The zero-order chi connectivity index (χ0) is 26.9. The first-order chi connectivity index (χ1) is 17.5. The number of nitrogens with zero attached hydrogens (tertiary/aromatic N) is 4. The highest BCUT2D eigenvalue weighted by atomic mass is 35.5. The maximum Gasteiger partial charge on any atom is 0.324 e. The number of benzene rings is 2. The van der Waals surface area contributed by atoms with Crippen molar-refractivity contribution in [2.75, 3.05) is 17.4 Å². The van der Waals surface area contributed by atoms with Crippen molar-refractivity contribution in [3.63, 3.8) is 0 Å². The highest BCUT2D eigenvalue weighted by molar-refractivity contribution is 7.92. The average molecular weight is 563 g/mol. The summed E-state index contributed by atoms with van der Waals surface area (Å²) < 4.78 is 29.2. The lowest BCUT2D eigenvalue weighted by Gasteiger charge is -2.23. The molecule has 13 heteroatoms. The molecular formula is C24H20Cl2N4O6S. The summed E-state index contributed by atoms with van der Waals surface area (Å²) in [5.74, 6) is -1.55. The van der Waals surface area contributed by atoms with Gasteiger partial charge in [0.25, 0.3) is 15.9 Å². The number of carboxylic acids is 1. The van der Waals surface area contributed by atoms with E-state index in [1.54, 1.807) is 29.8 Å². The Morgan fingerprint density at radius 1 is 1.03 bits per heavy atom. The first-order valence-corrected chi connectivity index (χ1v) is 13.0. The largest absolute Gasteiger partial charge is 0.480 e. The molecule has 4 rings (SSSR count).